The molecule has 0 radical (unpaired) electrons. The van der Waals surface area contributed by atoms with E-state index < -0.39 is 52.1 Å². The molecule has 0 spiro atoms. The summed E-state index contributed by atoms with van der Waals surface area (Å²) < 4.78 is 107. The zero-order valence-electron chi connectivity index (χ0n) is 16.5. The first-order valence-electron chi connectivity index (χ1n) is 9.10. The van der Waals surface area contributed by atoms with Crippen molar-refractivity contribution in [3.05, 3.63) is 42.0 Å². The lowest BCUT2D eigenvalue weighted by molar-refractivity contribution is -0.288. The van der Waals surface area contributed by atoms with Crippen LogP contribution in [0, 0.1) is 0 Å². The molecule has 0 aromatic heterocycles. The molecule has 6 nitrogen and oxygen atoms in total. The average molecular weight is 472 g/mol. The van der Waals surface area contributed by atoms with Crippen LogP contribution >= 0.6 is 0 Å². The molecule has 1 aromatic carbocycles. The smallest absolute Gasteiger partial charge is 0.350 e. The maximum atomic E-state index is 14.3. The summed E-state index contributed by atoms with van der Waals surface area (Å²) in [4.78, 5) is 12.0. The fourth-order valence-electron chi connectivity index (χ4n) is 2.75. The van der Waals surface area contributed by atoms with Gasteiger partial charge in [-0.05, 0) is 24.5 Å². The normalized spacial score (nSPS) is 18.4. The Morgan fingerprint density at radius 3 is 2.23 bits per heavy atom. The van der Waals surface area contributed by atoms with Crippen LogP contribution < -0.4 is 0 Å². The first kappa shape index (κ1) is 25.4. The van der Waals surface area contributed by atoms with E-state index in [-0.39, 0.29) is 18.8 Å². The molecule has 0 saturated carbocycles. The van der Waals surface area contributed by atoms with Crippen LogP contribution in [0.5, 0.6) is 0 Å². The van der Waals surface area contributed by atoms with Crippen molar-refractivity contribution in [3.63, 3.8) is 0 Å². The van der Waals surface area contributed by atoms with Crippen LogP contribution in [0.1, 0.15) is 30.9 Å². The predicted molar refractivity (Wildman–Crippen MR) is 99.6 cm³/mol. The monoisotopic (exact) mass is 472 g/mol. The topological polar surface area (TPSA) is 78.9 Å². The van der Waals surface area contributed by atoms with E-state index in [4.69, 9.17) is 9.47 Å². The Labute approximate surface area is 176 Å². The number of ether oxygens (including phenoxy) is 2. The molecular formula is C19H21F5O6S. The van der Waals surface area contributed by atoms with Gasteiger partial charge in [0.1, 0.15) is 0 Å². The molecule has 1 aliphatic rings. The molecule has 1 heterocycles. The lowest BCUT2D eigenvalue weighted by atomic mass is 10.1. The van der Waals surface area contributed by atoms with Crippen molar-refractivity contribution in [2.75, 3.05) is 13.2 Å². The van der Waals surface area contributed by atoms with Gasteiger partial charge in [-0.25, -0.2) is 0 Å². The van der Waals surface area contributed by atoms with Gasteiger partial charge in [0.25, 0.3) is 0 Å². The number of carbonyl (C=O) groups excluding carboxylic acids is 1. The number of halogens is 5. The van der Waals surface area contributed by atoms with Gasteiger partial charge in [0.15, 0.2) is 11.9 Å². The first-order chi connectivity index (χ1) is 14.2. The van der Waals surface area contributed by atoms with Gasteiger partial charge >= 0.3 is 21.5 Å². The lowest BCUT2D eigenvalue weighted by Crippen LogP contribution is -2.49. The second-order valence-corrected chi connectivity index (χ2v) is 8.64. The molecule has 1 atom stereocenters. The molecule has 174 valence electrons. The van der Waals surface area contributed by atoms with Gasteiger partial charge in [-0.2, -0.15) is 30.4 Å². The number of carbonyl (C=O) groups is 1. The maximum Gasteiger partial charge on any atom is 0.427 e. The molecule has 12 heteroatoms. The standard InChI is InChI=1S/C19H21F5O6S/c1-3-13-5-7-14(8-6-13)11-15(25)19(23,24)31(26,27)30-16(18(20,21)22)12-17(2)28-9-4-10-29-17/h3,5-8,16H,1,4,9-12H2,2H3. The van der Waals surface area contributed by atoms with E-state index in [1.807, 2.05) is 0 Å². The number of rotatable bonds is 9. The molecule has 0 amide bonds. The molecule has 0 N–H and O–H groups in total. The molecule has 1 saturated heterocycles. The second-order valence-electron chi connectivity index (χ2n) is 7.03. The zero-order valence-corrected chi connectivity index (χ0v) is 17.3. The van der Waals surface area contributed by atoms with E-state index in [9.17, 15) is 35.2 Å². The Morgan fingerprint density at radius 2 is 1.74 bits per heavy atom. The summed E-state index contributed by atoms with van der Waals surface area (Å²) in [6.45, 7) is 4.67. The van der Waals surface area contributed by atoms with Crippen LogP contribution in [0.25, 0.3) is 6.08 Å². The van der Waals surface area contributed by atoms with E-state index in [1.165, 1.54) is 30.3 Å². The molecule has 1 aliphatic heterocycles. The van der Waals surface area contributed by atoms with Crippen molar-refractivity contribution >= 4 is 22.0 Å². The fraction of sp³-hybridized carbons (Fsp3) is 0.526. The molecule has 1 unspecified atom stereocenters. The highest BCUT2D eigenvalue weighted by molar-refractivity contribution is 7.88. The maximum absolute atomic E-state index is 14.3. The van der Waals surface area contributed by atoms with Crippen molar-refractivity contribution in [1.29, 1.82) is 0 Å². The van der Waals surface area contributed by atoms with Crippen LogP contribution in [0.4, 0.5) is 22.0 Å². The van der Waals surface area contributed by atoms with Crippen LogP contribution in [0.15, 0.2) is 30.8 Å². The molecule has 0 aliphatic carbocycles. The lowest BCUT2D eigenvalue weighted by Gasteiger charge is -2.36. The third-order valence-electron chi connectivity index (χ3n) is 4.49. The highest BCUT2D eigenvalue weighted by Gasteiger charge is 2.58. The number of hydrogen-bond donors (Lipinski definition) is 0. The molecule has 0 bridgehead atoms. The SMILES string of the molecule is C=Cc1ccc(CC(=O)C(F)(F)S(=O)(=O)OC(CC2(C)OCCCO2)C(F)(F)F)cc1. The van der Waals surface area contributed by atoms with Gasteiger partial charge in [0.2, 0.25) is 5.78 Å². The average Bonchev–Trinajstić information content (AvgIpc) is 2.67. The molecule has 1 aromatic rings. The van der Waals surface area contributed by atoms with Gasteiger partial charge in [-0.3, -0.25) is 8.98 Å². The Kier molecular flexibility index (Phi) is 7.62. The summed E-state index contributed by atoms with van der Waals surface area (Å²) in [7, 11) is -6.28. The quantitative estimate of drug-likeness (QED) is 0.401. The van der Waals surface area contributed by atoms with Crippen LogP contribution in [0.3, 0.4) is 0 Å². The fourth-order valence-corrected chi connectivity index (χ4v) is 3.70. The third-order valence-corrected chi connectivity index (χ3v) is 5.83. The van der Waals surface area contributed by atoms with Crippen LogP contribution in [-0.2, 0) is 35.0 Å². The minimum absolute atomic E-state index is 0.0348. The van der Waals surface area contributed by atoms with Crippen LogP contribution in [-0.4, -0.2) is 50.7 Å². The molecular weight excluding hydrogens is 451 g/mol. The first-order valence-corrected chi connectivity index (χ1v) is 10.5. The Bertz CT molecular complexity index is 889. The van der Waals surface area contributed by atoms with Crippen molar-refractivity contribution in [3.8, 4) is 0 Å². The summed E-state index contributed by atoms with van der Waals surface area (Å²) >= 11 is 0. The summed E-state index contributed by atoms with van der Waals surface area (Å²) in [5.74, 6) is -4.02. The number of hydrogen-bond acceptors (Lipinski definition) is 6. The van der Waals surface area contributed by atoms with E-state index in [2.05, 4.69) is 10.8 Å². The molecule has 2 rings (SSSR count). The van der Waals surface area contributed by atoms with Gasteiger partial charge in [-0.15, -0.1) is 0 Å². The predicted octanol–water partition coefficient (Wildman–Crippen LogP) is 3.85. The third kappa shape index (κ3) is 6.31. The number of Topliss-reactive ketones (excluding diaryl/α,β-unsaturated/α-hetero) is 1. The van der Waals surface area contributed by atoms with Gasteiger partial charge < -0.3 is 9.47 Å². The minimum Gasteiger partial charge on any atom is -0.350 e. The largest absolute Gasteiger partial charge is 0.427 e. The van der Waals surface area contributed by atoms with Crippen molar-refractivity contribution < 1.29 is 48.8 Å². The highest BCUT2D eigenvalue weighted by Crippen LogP contribution is 2.37. The summed E-state index contributed by atoms with van der Waals surface area (Å²) in [6.07, 6.45) is -8.95. The van der Waals surface area contributed by atoms with E-state index >= 15 is 0 Å². The van der Waals surface area contributed by atoms with Crippen LogP contribution in [0.2, 0.25) is 0 Å². The zero-order chi connectivity index (χ0) is 23.5. The molecule has 31 heavy (non-hydrogen) atoms. The summed E-state index contributed by atoms with van der Waals surface area (Å²) in [5, 5.41) is -5.21. The number of ketones is 1. The van der Waals surface area contributed by atoms with Gasteiger partial charge in [0.05, 0.1) is 13.2 Å². The van der Waals surface area contributed by atoms with Crippen molar-refractivity contribution in [2.24, 2.45) is 0 Å². The molecule has 1 fully saturated rings. The van der Waals surface area contributed by atoms with E-state index in [0.717, 1.165) is 6.92 Å². The highest BCUT2D eigenvalue weighted by atomic mass is 32.2. The number of alkyl halides is 5. The Morgan fingerprint density at radius 1 is 1.19 bits per heavy atom. The number of benzene rings is 1. The van der Waals surface area contributed by atoms with E-state index in [1.54, 1.807) is 0 Å². The summed E-state index contributed by atoms with van der Waals surface area (Å²) in [6, 6.07) is 5.47. The van der Waals surface area contributed by atoms with Gasteiger partial charge in [0, 0.05) is 12.8 Å². The van der Waals surface area contributed by atoms with E-state index in [0.29, 0.717) is 12.0 Å². The summed E-state index contributed by atoms with van der Waals surface area (Å²) in [5.41, 5.74) is 0.655. The minimum atomic E-state index is -6.28. The van der Waals surface area contributed by atoms with Gasteiger partial charge in [-0.1, -0.05) is 36.9 Å². The van der Waals surface area contributed by atoms with Crippen molar-refractivity contribution in [1.82, 2.24) is 0 Å². The van der Waals surface area contributed by atoms with Crippen molar-refractivity contribution in [2.45, 2.75) is 49.5 Å². The second kappa shape index (κ2) is 9.31. The Hall–Kier alpha value is -1.89. The Balaban J connectivity index is 2.20.